The molecule has 3 heteroatoms. The number of nitrogens with two attached hydrogens (primary N) is 1. The number of anilines is 1. The SMILES string of the molecule is CC(C)(C)c1ccc(N[C@H](C(N)=O)c2ccccc2)cc1. The maximum absolute atomic E-state index is 11.7. The lowest BCUT2D eigenvalue weighted by Crippen LogP contribution is -2.27. The Labute approximate surface area is 126 Å². The van der Waals surface area contributed by atoms with Crippen LogP contribution in [0.4, 0.5) is 5.69 Å². The summed E-state index contributed by atoms with van der Waals surface area (Å²) in [6.07, 6.45) is 0. The summed E-state index contributed by atoms with van der Waals surface area (Å²) < 4.78 is 0. The zero-order valence-corrected chi connectivity index (χ0v) is 12.8. The summed E-state index contributed by atoms with van der Waals surface area (Å²) in [7, 11) is 0. The van der Waals surface area contributed by atoms with Crippen LogP contribution >= 0.6 is 0 Å². The van der Waals surface area contributed by atoms with Crippen molar-refractivity contribution in [2.75, 3.05) is 5.32 Å². The minimum Gasteiger partial charge on any atom is -0.370 e. The zero-order chi connectivity index (χ0) is 15.5. The fourth-order valence-electron chi connectivity index (χ4n) is 2.20. The van der Waals surface area contributed by atoms with Gasteiger partial charge in [-0.05, 0) is 28.7 Å². The number of nitrogens with one attached hydrogen (secondary N) is 1. The van der Waals surface area contributed by atoms with Crippen molar-refractivity contribution in [1.29, 1.82) is 0 Å². The molecule has 0 bridgehead atoms. The molecule has 0 aliphatic carbocycles. The summed E-state index contributed by atoms with van der Waals surface area (Å²) in [5.41, 5.74) is 8.63. The minimum absolute atomic E-state index is 0.112. The largest absolute Gasteiger partial charge is 0.370 e. The second-order valence-corrected chi connectivity index (χ2v) is 6.22. The van der Waals surface area contributed by atoms with Gasteiger partial charge in [-0.15, -0.1) is 0 Å². The van der Waals surface area contributed by atoms with E-state index in [2.05, 4.69) is 38.2 Å². The fourth-order valence-corrected chi connectivity index (χ4v) is 2.20. The van der Waals surface area contributed by atoms with E-state index in [4.69, 9.17) is 5.73 Å². The molecule has 2 rings (SSSR count). The van der Waals surface area contributed by atoms with Gasteiger partial charge in [-0.25, -0.2) is 0 Å². The Hall–Kier alpha value is -2.29. The Kier molecular flexibility index (Phi) is 4.32. The van der Waals surface area contributed by atoms with Crippen molar-refractivity contribution < 1.29 is 4.79 Å². The van der Waals surface area contributed by atoms with Crippen LogP contribution in [-0.2, 0) is 10.2 Å². The molecule has 0 radical (unpaired) electrons. The molecule has 110 valence electrons. The second-order valence-electron chi connectivity index (χ2n) is 6.22. The van der Waals surface area contributed by atoms with Crippen LogP contribution in [0.15, 0.2) is 54.6 Å². The van der Waals surface area contributed by atoms with Crippen LogP contribution in [0, 0.1) is 0 Å². The molecule has 2 aromatic carbocycles. The van der Waals surface area contributed by atoms with E-state index in [1.807, 2.05) is 42.5 Å². The standard InChI is InChI=1S/C18H22N2O/c1-18(2,3)14-9-11-15(12-10-14)20-16(17(19)21)13-7-5-4-6-8-13/h4-12,16,20H,1-3H3,(H2,19,21)/t16-/m0/s1. The summed E-state index contributed by atoms with van der Waals surface area (Å²) in [5, 5.41) is 3.20. The van der Waals surface area contributed by atoms with Crippen LogP contribution in [0.3, 0.4) is 0 Å². The molecule has 21 heavy (non-hydrogen) atoms. The molecule has 0 heterocycles. The van der Waals surface area contributed by atoms with E-state index in [0.717, 1.165) is 11.3 Å². The van der Waals surface area contributed by atoms with Gasteiger partial charge in [0.1, 0.15) is 6.04 Å². The third-order valence-electron chi connectivity index (χ3n) is 3.48. The Morgan fingerprint density at radius 2 is 1.57 bits per heavy atom. The second kappa shape index (κ2) is 6.00. The first-order valence-electron chi connectivity index (χ1n) is 7.09. The van der Waals surface area contributed by atoms with Gasteiger partial charge in [0.05, 0.1) is 0 Å². The van der Waals surface area contributed by atoms with Gasteiger partial charge in [0.2, 0.25) is 5.91 Å². The van der Waals surface area contributed by atoms with E-state index in [0.29, 0.717) is 0 Å². The van der Waals surface area contributed by atoms with E-state index in [1.165, 1.54) is 5.56 Å². The van der Waals surface area contributed by atoms with Crippen molar-refractivity contribution in [1.82, 2.24) is 0 Å². The van der Waals surface area contributed by atoms with Crippen molar-refractivity contribution in [3.8, 4) is 0 Å². The lowest BCUT2D eigenvalue weighted by Gasteiger charge is -2.21. The molecule has 0 aromatic heterocycles. The van der Waals surface area contributed by atoms with Gasteiger partial charge in [-0.1, -0.05) is 63.2 Å². The van der Waals surface area contributed by atoms with Crippen molar-refractivity contribution in [3.05, 3.63) is 65.7 Å². The lowest BCUT2D eigenvalue weighted by molar-refractivity contribution is -0.118. The number of hydrogen-bond donors (Lipinski definition) is 2. The molecule has 0 aliphatic rings. The van der Waals surface area contributed by atoms with Crippen molar-refractivity contribution >= 4 is 11.6 Å². The molecular formula is C18H22N2O. The smallest absolute Gasteiger partial charge is 0.244 e. The van der Waals surface area contributed by atoms with Crippen LogP contribution in [0.1, 0.15) is 37.9 Å². The van der Waals surface area contributed by atoms with Gasteiger partial charge in [0, 0.05) is 5.69 Å². The van der Waals surface area contributed by atoms with E-state index in [-0.39, 0.29) is 11.3 Å². The Morgan fingerprint density at radius 3 is 2.05 bits per heavy atom. The molecule has 3 nitrogen and oxygen atoms in total. The highest BCUT2D eigenvalue weighted by Gasteiger charge is 2.18. The number of benzene rings is 2. The van der Waals surface area contributed by atoms with Crippen LogP contribution in [0.25, 0.3) is 0 Å². The fraction of sp³-hybridized carbons (Fsp3) is 0.278. The van der Waals surface area contributed by atoms with Gasteiger partial charge in [-0.2, -0.15) is 0 Å². The molecular weight excluding hydrogens is 260 g/mol. The monoisotopic (exact) mass is 282 g/mol. The lowest BCUT2D eigenvalue weighted by atomic mass is 9.87. The summed E-state index contributed by atoms with van der Waals surface area (Å²) >= 11 is 0. The third-order valence-corrected chi connectivity index (χ3v) is 3.48. The third kappa shape index (κ3) is 3.85. The Morgan fingerprint density at radius 1 is 1.00 bits per heavy atom. The first-order chi connectivity index (χ1) is 9.88. The molecule has 0 spiro atoms. The molecule has 0 fully saturated rings. The molecule has 0 saturated carbocycles. The number of primary amides is 1. The van der Waals surface area contributed by atoms with Crippen LogP contribution in [-0.4, -0.2) is 5.91 Å². The van der Waals surface area contributed by atoms with Gasteiger partial charge < -0.3 is 11.1 Å². The number of hydrogen-bond acceptors (Lipinski definition) is 2. The summed E-state index contributed by atoms with van der Waals surface area (Å²) in [5.74, 6) is -0.388. The predicted octanol–water partition coefficient (Wildman–Crippen LogP) is 3.62. The summed E-state index contributed by atoms with van der Waals surface area (Å²) in [4.78, 5) is 11.7. The van der Waals surface area contributed by atoms with Crippen molar-refractivity contribution in [2.24, 2.45) is 5.73 Å². The molecule has 3 N–H and O–H groups in total. The van der Waals surface area contributed by atoms with Crippen LogP contribution in [0.2, 0.25) is 0 Å². The van der Waals surface area contributed by atoms with Crippen LogP contribution < -0.4 is 11.1 Å². The van der Waals surface area contributed by atoms with Crippen molar-refractivity contribution in [3.63, 3.8) is 0 Å². The average Bonchev–Trinajstić information content (AvgIpc) is 2.45. The highest BCUT2D eigenvalue weighted by Crippen LogP contribution is 2.25. The number of carbonyl (C=O) groups excluding carboxylic acids is 1. The Balaban J connectivity index is 2.20. The maximum atomic E-state index is 11.7. The summed E-state index contributed by atoms with van der Waals surface area (Å²) in [6, 6.07) is 17.1. The van der Waals surface area contributed by atoms with E-state index in [1.54, 1.807) is 0 Å². The van der Waals surface area contributed by atoms with Gasteiger partial charge in [0.25, 0.3) is 0 Å². The van der Waals surface area contributed by atoms with Gasteiger partial charge >= 0.3 is 0 Å². The number of carbonyl (C=O) groups is 1. The first kappa shape index (κ1) is 15.1. The molecule has 0 saturated heterocycles. The molecule has 1 atom stereocenters. The molecule has 2 aromatic rings. The number of rotatable bonds is 4. The van der Waals surface area contributed by atoms with Gasteiger partial charge in [0.15, 0.2) is 0 Å². The minimum atomic E-state index is -0.522. The van der Waals surface area contributed by atoms with Crippen LogP contribution in [0.5, 0.6) is 0 Å². The van der Waals surface area contributed by atoms with E-state index in [9.17, 15) is 4.79 Å². The highest BCUT2D eigenvalue weighted by molar-refractivity contribution is 5.84. The first-order valence-corrected chi connectivity index (χ1v) is 7.09. The normalized spacial score (nSPS) is 12.7. The zero-order valence-electron chi connectivity index (χ0n) is 12.8. The quantitative estimate of drug-likeness (QED) is 0.899. The Bertz CT molecular complexity index is 597. The van der Waals surface area contributed by atoms with Gasteiger partial charge in [-0.3, -0.25) is 4.79 Å². The number of amides is 1. The average molecular weight is 282 g/mol. The topological polar surface area (TPSA) is 55.1 Å². The van der Waals surface area contributed by atoms with E-state index >= 15 is 0 Å². The highest BCUT2D eigenvalue weighted by atomic mass is 16.1. The molecule has 1 amide bonds. The molecule has 0 unspecified atom stereocenters. The van der Waals surface area contributed by atoms with E-state index < -0.39 is 6.04 Å². The predicted molar refractivity (Wildman–Crippen MR) is 87.1 cm³/mol. The summed E-state index contributed by atoms with van der Waals surface area (Å²) in [6.45, 7) is 6.52. The molecule has 0 aliphatic heterocycles. The van der Waals surface area contributed by atoms with Crippen molar-refractivity contribution in [2.45, 2.75) is 32.2 Å². The maximum Gasteiger partial charge on any atom is 0.244 e.